The molecule has 1 heterocycles. The zero-order chi connectivity index (χ0) is 23.4. The van der Waals surface area contributed by atoms with Crippen LogP contribution in [-0.2, 0) is 33.3 Å². The Bertz CT molecular complexity index is 491. The van der Waals surface area contributed by atoms with E-state index in [1.165, 1.54) is 7.05 Å². The molecule has 176 valence electrons. The normalized spacial score (nSPS) is 14.8. The number of carbonyl (C=O) groups is 2. The second-order valence-corrected chi connectivity index (χ2v) is 6.38. The van der Waals surface area contributed by atoms with Crippen molar-refractivity contribution in [3.63, 3.8) is 0 Å². The first kappa shape index (κ1) is 30.4. The van der Waals surface area contributed by atoms with Crippen molar-refractivity contribution in [2.45, 2.75) is 45.8 Å². The number of carbonyl (C=O) groups excluding carboxylic acids is 2. The minimum atomic E-state index is -0.424. The molecule has 9 heteroatoms. The van der Waals surface area contributed by atoms with Crippen molar-refractivity contribution in [1.29, 1.82) is 0 Å². The van der Waals surface area contributed by atoms with Crippen LogP contribution in [0.5, 0.6) is 0 Å². The zero-order valence-corrected chi connectivity index (χ0v) is 18.8. The lowest BCUT2D eigenvalue weighted by molar-refractivity contribution is -0.141. The molecular weight excluding hydrogens is 394 g/mol. The number of rotatable bonds is 14. The molecule has 1 aliphatic heterocycles. The molecule has 0 spiro atoms. The number of aliphatic hydroxyl groups is 1. The Balaban J connectivity index is 0. The molecule has 3 N–H and O–H groups in total. The monoisotopic (exact) mass is 433 g/mol. The van der Waals surface area contributed by atoms with Crippen LogP contribution in [0.15, 0.2) is 24.3 Å². The lowest BCUT2D eigenvalue weighted by Gasteiger charge is -2.10. The molecule has 0 aliphatic carbocycles. The van der Waals surface area contributed by atoms with E-state index < -0.39 is 12.1 Å². The van der Waals surface area contributed by atoms with Crippen molar-refractivity contribution >= 4 is 11.9 Å². The number of esters is 2. The predicted octanol–water partition coefficient (Wildman–Crippen LogP) is 1.38. The number of nitrogens with two attached hydrogens (primary N) is 1. The average molecular weight is 434 g/mol. The molecule has 0 aromatic rings. The third kappa shape index (κ3) is 20.9. The van der Waals surface area contributed by atoms with E-state index in [-0.39, 0.29) is 25.3 Å². The molecule has 2 atom stereocenters. The van der Waals surface area contributed by atoms with Crippen molar-refractivity contribution in [3.8, 4) is 0 Å². The number of hydrogen-bond acceptors (Lipinski definition) is 9. The summed E-state index contributed by atoms with van der Waals surface area (Å²) < 4.78 is 24.8. The van der Waals surface area contributed by atoms with Crippen molar-refractivity contribution in [2.75, 3.05) is 53.3 Å². The Morgan fingerprint density at radius 2 is 1.50 bits per heavy atom. The minimum Gasteiger partial charge on any atom is -0.460 e. The van der Waals surface area contributed by atoms with Crippen LogP contribution in [0.25, 0.3) is 0 Å². The van der Waals surface area contributed by atoms with E-state index in [9.17, 15) is 14.7 Å². The van der Waals surface area contributed by atoms with Gasteiger partial charge in [-0.2, -0.15) is 0 Å². The van der Waals surface area contributed by atoms with E-state index in [2.05, 4.69) is 18.9 Å². The van der Waals surface area contributed by atoms with Crippen LogP contribution in [0.1, 0.15) is 33.6 Å². The molecule has 30 heavy (non-hydrogen) atoms. The van der Waals surface area contributed by atoms with Gasteiger partial charge in [-0.25, -0.2) is 9.59 Å². The minimum absolute atomic E-state index is 0.199. The summed E-state index contributed by atoms with van der Waals surface area (Å²) >= 11 is 0. The first-order valence-corrected chi connectivity index (χ1v) is 9.96. The molecule has 0 amide bonds. The maximum atomic E-state index is 10.9. The first-order chi connectivity index (χ1) is 14.3. The van der Waals surface area contributed by atoms with Crippen LogP contribution >= 0.6 is 0 Å². The third-order valence-corrected chi connectivity index (χ3v) is 3.26. The van der Waals surface area contributed by atoms with E-state index in [1.807, 2.05) is 6.92 Å². The van der Waals surface area contributed by atoms with Crippen LogP contribution in [-0.4, -0.2) is 82.5 Å². The molecule has 1 saturated heterocycles. The summed E-state index contributed by atoms with van der Waals surface area (Å²) in [6.45, 7) is 15.0. The number of hydrogen-bond donors (Lipinski definition) is 2. The smallest absolute Gasteiger partial charge is 0.333 e. The Labute approximate surface area is 180 Å². The van der Waals surface area contributed by atoms with Gasteiger partial charge in [0.05, 0.1) is 39.1 Å². The highest BCUT2D eigenvalue weighted by Crippen LogP contribution is 2.08. The lowest BCUT2D eigenvalue weighted by Crippen LogP contribution is -2.18. The van der Waals surface area contributed by atoms with Crippen LogP contribution in [0.3, 0.4) is 0 Å². The maximum absolute atomic E-state index is 10.9. The Morgan fingerprint density at radius 1 is 1.03 bits per heavy atom. The highest BCUT2D eigenvalue weighted by molar-refractivity contribution is 5.87. The zero-order valence-electron chi connectivity index (χ0n) is 18.8. The second-order valence-electron chi connectivity index (χ2n) is 6.38. The van der Waals surface area contributed by atoms with Crippen molar-refractivity contribution < 1.29 is 38.4 Å². The number of epoxide rings is 1. The Kier molecular flexibility index (Phi) is 20.8. The molecule has 0 aromatic carbocycles. The molecule has 1 rings (SSSR count). The van der Waals surface area contributed by atoms with Gasteiger partial charge < -0.3 is 34.5 Å². The molecule has 2 unspecified atom stereocenters. The third-order valence-electron chi connectivity index (χ3n) is 3.26. The summed E-state index contributed by atoms with van der Waals surface area (Å²) in [6, 6.07) is 0. The van der Waals surface area contributed by atoms with Crippen LogP contribution in [0.2, 0.25) is 0 Å². The Hall–Kier alpha value is -1.78. The molecular formula is C21H39NO8. The van der Waals surface area contributed by atoms with E-state index in [1.54, 1.807) is 13.8 Å². The summed E-state index contributed by atoms with van der Waals surface area (Å²) in [7, 11) is 1.50. The van der Waals surface area contributed by atoms with E-state index in [4.69, 9.17) is 23.7 Å². The van der Waals surface area contributed by atoms with Gasteiger partial charge in [-0.1, -0.05) is 26.5 Å². The molecule has 0 radical (unpaired) electrons. The Morgan fingerprint density at radius 3 is 1.90 bits per heavy atom. The second kappa shape index (κ2) is 20.5. The summed E-state index contributed by atoms with van der Waals surface area (Å²) in [5.74, 6) is -0.779. The van der Waals surface area contributed by atoms with E-state index in [0.29, 0.717) is 37.6 Å². The molecule has 0 bridgehead atoms. The van der Waals surface area contributed by atoms with Gasteiger partial charge in [0.15, 0.2) is 0 Å². The summed E-state index contributed by atoms with van der Waals surface area (Å²) in [5, 5.41) is 9.30. The highest BCUT2D eigenvalue weighted by Gasteiger charge is 2.22. The fraction of sp³-hybridized carbons (Fsp3) is 0.714. The van der Waals surface area contributed by atoms with Gasteiger partial charge in [-0.15, -0.1) is 0 Å². The van der Waals surface area contributed by atoms with Crippen LogP contribution in [0.4, 0.5) is 0 Å². The quantitative estimate of drug-likeness (QED) is 0.180. The van der Waals surface area contributed by atoms with Crippen molar-refractivity contribution in [1.82, 2.24) is 0 Å². The fourth-order valence-electron chi connectivity index (χ4n) is 1.65. The van der Waals surface area contributed by atoms with Gasteiger partial charge in [0.2, 0.25) is 0 Å². The van der Waals surface area contributed by atoms with Gasteiger partial charge in [-0.3, -0.25) is 0 Å². The topological polar surface area (TPSA) is 130 Å². The largest absolute Gasteiger partial charge is 0.460 e. The van der Waals surface area contributed by atoms with Gasteiger partial charge in [0.1, 0.15) is 19.3 Å². The molecule has 0 saturated carbocycles. The van der Waals surface area contributed by atoms with Crippen LogP contribution < -0.4 is 5.73 Å². The van der Waals surface area contributed by atoms with E-state index in [0.717, 1.165) is 19.4 Å². The first-order valence-electron chi connectivity index (χ1n) is 9.96. The average Bonchev–Trinajstić information content (AvgIpc) is 3.53. The molecule has 9 nitrogen and oxygen atoms in total. The number of aliphatic hydroxyl groups excluding tert-OH is 1. The SMILES string of the molecule is C=C(C)C(=O)OCCOCC(O)CCC.C=C(C)C(=O)OCCOCC1CO1.CN. The predicted molar refractivity (Wildman–Crippen MR) is 114 cm³/mol. The maximum Gasteiger partial charge on any atom is 0.333 e. The van der Waals surface area contributed by atoms with Gasteiger partial charge in [0.25, 0.3) is 0 Å². The molecule has 1 aliphatic rings. The fourth-order valence-corrected chi connectivity index (χ4v) is 1.65. The van der Waals surface area contributed by atoms with Gasteiger partial charge in [-0.05, 0) is 27.3 Å². The van der Waals surface area contributed by atoms with Crippen molar-refractivity contribution in [2.24, 2.45) is 5.73 Å². The van der Waals surface area contributed by atoms with E-state index >= 15 is 0 Å². The molecule has 0 aromatic heterocycles. The standard InChI is InChI=1S/C11H20O4.C9H14O4.CH5N/c1-4-5-10(12)8-14-6-7-15-11(13)9(2)3;1-7(2)9(10)12-4-3-11-5-8-6-13-8;1-2/h10,12H,2,4-8H2,1,3H3;8H,1,3-6H2,2H3;2H2,1H3. The summed E-state index contributed by atoms with van der Waals surface area (Å²) in [4.78, 5) is 21.8. The van der Waals surface area contributed by atoms with Crippen LogP contribution in [0, 0.1) is 0 Å². The van der Waals surface area contributed by atoms with Crippen molar-refractivity contribution in [3.05, 3.63) is 24.3 Å². The summed E-state index contributed by atoms with van der Waals surface area (Å²) in [6.07, 6.45) is 1.49. The number of ether oxygens (including phenoxy) is 5. The summed E-state index contributed by atoms with van der Waals surface area (Å²) in [5.41, 5.74) is 5.28. The van der Waals surface area contributed by atoms with Gasteiger partial charge in [0, 0.05) is 11.1 Å². The highest BCUT2D eigenvalue weighted by atomic mass is 16.6. The van der Waals surface area contributed by atoms with Gasteiger partial charge >= 0.3 is 11.9 Å². The lowest BCUT2D eigenvalue weighted by atomic mass is 10.2. The molecule has 1 fully saturated rings.